The highest BCUT2D eigenvalue weighted by atomic mass is 32.1. The molecule has 1 aliphatic heterocycles. The molecule has 0 bridgehead atoms. The zero-order valence-corrected chi connectivity index (χ0v) is 96.2. The van der Waals surface area contributed by atoms with Crippen LogP contribution in [0, 0.1) is 59.2 Å². The van der Waals surface area contributed by atoms with Crippen molar-refractivity contribution in [1.82, 2.24) is 92.4 Å². The summed E-state index contributed by atoms with van der Waals surface area (Å²) >= 11 is 5.43. The van der Waals surface area contributed by atoms with Gasteiger partial charge in [0, 0.05) is 157 Å². The van der Waals surface area contributed by atoms with Gasteiger partial charge in [-0.3, -0.25) is 44.4 Å². The van der Waals surface area contributed by atoms with Gasteiger partial charge in [-0.25, -0.2) is 8.75 Å². The number of hydrogen-bond acceptors (Lipinski definition) is 21. The number of H-pyrrole nitrogens is 1. The van der Waals surface area contributed by atoms with E-state index in [9.17, 15) is 4.79 Å². The van der Waals surface area contributed by atoms with Gasteiger partial charge in [0.1, 0.15) is 5.82 Å². The molecule has 11 aromatic heterocycles. The Bertz CT molecular complexity index is 4070. The minimum Gasteiger partial charge on any atom is -0.299 e. The predicted molar refractivity (Wildman–Crippen MR) is 613 cm³/mol. The molecular weight excluding hydrogens is 1780 g/mol. The first-order valence-electron chi connectivity index (χ1n) is 48.6. The van der Waals surface area contributed by atoms with Crippen molar-refractivity contribution in [1.29, 1.82) is 0 Å². The van der Waals surface area contributed by atoms with E-state index in [-0.39, 0.29) is 12.3 Å². The Balaban J connectivity index is -0.000000182. The zero-order valence-electron chi connectivity index (χ0n) is 93.0. The summed E-state index contributed by atoms with van der Waals surface area (Å²) in [7, 11) is 0. The third kappa shape index (κ3) is 130. The lowest BCUT2D eigenvalue weighted by Gasteiger charge is -2.07. The summed E-state index contributed by atoms with van der Waals surface area (Å²) in [4.78, 5) is 39.6. The fourth-order valence-corrected chi connectivity index (χ4v) is 8.52. The number of benzene rings is 3. The van der Waals surface area contributed by atoms with Gasteiger partial charge in [0.15, 0.2) is 5.82 Å². The van der Waals surface area contributed by atoms with Gasteiger partial charge in [-0.05, 0) is 206 Å². The van der Waals surface area contributed by atoms with Crippen molar-refractivity contribution < 1.29 is 0 Å². The number of fused-ring (bicyclic) bond motifs is 2. The first-order chi connectivity index (χ1) is 64.5. The zero-order chi connectivity index (χ0) is 106. The Morgan fingerprint density at radius 3 is 0.949 bits per heavy atom. The van der Waals surface area contributed by atoms with Crippen LogP contribution in [0.25, 0.3) is 20.9 Å². The van der Waals surface area contributed by atoms with Crippen LogP contribution in [0.3, 0.4) is 0 Å². The van der Waals surface area contributed by atoms with Gasteiger partial charge in [0.2, 0.25) is 0 Å². The lowest BCUT2D eigenvalue weighted by Crippen LogP contribution is -2.05. The molecule has 1 N–H and O–H groups in total. The van der Waals surface area contributed by atoms with Crippen LogP contribution in [0.4, 0.5) is 0 Å². The van der Waals surface area contributed by atoms with E-state index in [1.165, 1.54) is 61.1 Å². The van der Waals surface area contributed by atoms with Gasteiger partial charge >= 0.3 is 4.87 Å². The molecule has 12 heterocycles. The molecule has 776 valence electrons. The first-order valence-corrected chi connectivity index (χ1v) is 51.8. The highest BCUT2D eigenvalue weighted by molar-refractivity contribution is 7.13. The van der Waals surface area contributed by atoms with Gasteiger partial charge < -0.3 is 0 Å². The quantitative estimate of drug-likeness (QED) is 0.162. The molecule has 0 fully saturated rings. The highest BCUT2D eigenvalue weighted by Gasteiger charge is 2.09. The summed E-state index contributed by atoms with van der Waals surface area (Å²) < 4.78 is 18.6. The van der Waals surface area contributed by atoms with Crippen LogP contribution in [0.2, 0.25) is 0 Å². The summed E-state index contributed by atoms with van der Waals surface area (Å²) in [5, 5.41) is 31.6. The molecule has 0 saturated heterocycles. The van der Waals surface area contributed by atoms with Crippen LogP contribution >= 0.6 is 46.1 Å². The number of allylic oxidation sites excluding steroid dienone is 1. The Hall–Kier alpha value is -10.2. The Morgan fingerprint density at radius 1 is 0.341 bits per heavy atom. The van der Waals surface area contributed by atoms with Crippen molar-refractivity contribution in [2.45, 2.75) is 341 Å². The van der Waals surface area contributed by atoms with Crippen molar-refractivity contribution in [3.05, 3.63) is 295 Å². The SMILES string of the molecule is C.C1=CN=CC1.CC(C)C.CC(C)C.CC(C)C.CC(C)C.CC(C)C.CC(C)C.CC(C)C.CC(C)C.CC(C)C.CC(C)C.CC(C)c1nccc2ccccc12.CC(C)c1nnn(C(C)C)n1.CC(C)c1nsc(=O)[nH]1.CC(C)n1cccn1.CC(C)n1nccn1.c1ccc2sncc2c1.c1ccccc1.c1ccncc1.c1ccncc1.c1cnccn1.c1cnsc1.c1cnsc1. The predicted octanol–water partition coefficient (Wildman–Crippen LogP) is 35.2. The highest BCUT2D eigenvalue weighted by Crippen LogP contribution is 2.23. The van der Waals surface area contributed by atoms with Crippen LogP contribution < -0.4 is 4.87 Å². The van der Waals surface area contributed by atoms with Gasteiger partial charge in [-0.1, -0.05) is 354 Å². The molecule has 0 saturated carbocycles. The second-order valence-electron chi connectivity index (χ2n) is 38.6. The Kier molecular flexibility index (Phi) is 111. The van der Waals surface area contributed by atoms with Crippen molar-refractivity contribution >= 4 is 73.2 Å². The van der Waals surface area contributed by atoms with Crippen molar-refractivity contribution in [2.75, 3.05) is 0 Å². The summed E-state index contributed by atoms with van der Waals surface area (Å²) in [5.41, 5.74) is 1.19. The topological polar surface area (TPSA) is 253 Å². The Labute approximate surface area is 859 Å². The fourth-order valence-electron chi connectivity index (χ4n) is 6.59. The van der Waals surface area contributed by atoms with Gasteiger partial charge in [0.25, 0.3) is 0 Å². The van der Waals surface area contributed by atoms with Crippen LogP contribution in [0.5, 0.6) is 0 Å². The molecule has 1 aliphatic rings. The third-order valence-corrected chi connectivity index (χ3v) is 13.8. The molecule has 25 heteroatoms. The largest absolute Gasteiger partial charge is 0.323 e. The van der Waals surface area contributed by atoms with Crippen LogP contribution in [-0.2, 0) is 0 Å². The molecule has 0 amide bonds. The number of tetrazole rings is 1. The van der Waals surface area contributed by atoms with Crippen LogP contribution in [-0.4, -0.2) is 98.6 Å². The molecule has 138 heavy (non-hydrogen) atoms. The number of aromatic nitrogens is 19. The maximum absolute atomic E-state index is 10.5. The maximum atomic E-state index is 10.5. The van der Waals surface area contributed by atoms with Crippen molar-refractivity contribution in [3.63, 3.8) is 0 Å². The van der Waals surface area contributed by atoms with Gasteiger partial charge in [0.05, 0.1) is 34.9 Å². The van der Waals surface area contributed by atoms with E-state index in [0.717, 1.165) is 88.8 Å². The number of aromatic amines is 1. The summed E-state index contributed by atoms with van der Waals surface area (Å²) in [5.74, 6) is 11.1. The molecule has 0 atom stereocenters. The molecule has 0 radical (unpaired) electrons. The minimum absolute atomic E-state index is 0. The Morgan fingerprint density at radius 2 is 0.725 bits per heavy atom. The fraction of sp³-hybridized carbons (Fsp3) is 0.531. The van der Waals surface area contributed by atoms with Gasteiger partial charge in [-0.15, -0.1) is 10.2 Å². The molecule has 0 spiro atoms. The first kappa shape index (κ1) is 146. The molecule has 14 aromatic rings. The van der Waals surface area contributed by atoms with Crippen molar-refractivity contribution in [3.8, 4) is 0 Å². The standard InChI is InChI=1S/C12H13N.C7H14N4.C7H5NS.C6H10N2.C6H6.C5H9N3.C5H8N2OS.2C5H5N.C4H4N2.C4H5N.10C4H10.2C3H3NS.CH4/c1-9(2)12-11-6-4-3-5-10(11)7-8-13-12;1-5(2)7-8-10-11(9-7)6(3)4;1-2-4-7-6(3-1)5-8-9-7;1-6(2)8-5-3-4-7-8;1-2-4-6-5-3-1;1-5(2)8-6-3-4-7-8;1-3(2)4-6-5(8)9-7-4;2*1-2-4-6-5-3-1;1-2-6-4-3-5-1;1-2-4-5-3-1;10*1-4(2)3;2*1-2-4-5-3-1;/h3-9H,1-2H3;5-6H,1-4H3;1-5H;3-6H,1-2H3;1-6H;3-5H,1-2H3;3H,1-2H3,(H,6,7,8);2*1-5H;1-4H;1,3-4H,2H2;10*4H,1-3H3;2*1-3H;1H4. The molecule has 0 unspecified atom stereocenters. The maximum Gasteiger partial charge on any atom is 0.323 e. The molecule has 15 rings (SSSR count). The summed E-state index contributed by atoms with van der Waals surface area (Å²) in [6, 6.07) is 49.0. The number of rotatable bonds is 6. The van der Waals surface area contributed by atoms with E-state index >= 15 is 0 Å². The molecular formula is C113H194N20OS4. The molecule has 21 nitrogen and oxygen atoms in total. The number of nitrogens with zero attached hydrogens (tertiary/aromatic N) is 19. The smallest absolute Gasteiger partial charge is 0.299 e. The van der Waals surface area contributed by atoms with E-state index in [2.05, 4.69) is 375 Å². The van der Waals surface area contributed by atoms with Crippen LogP contribution in [0.15, 0.2) is 278 Å². The monoisotopic (exact) mass is 1980 g/mol. The number of nitrogens with one attached hydrogen (secondary N) is 1. The third-order valence-electron chi connectivity index (χ3n) is 11.4. The van der Waals surface area contributed by atoms with Crippen molar-refractivity contribution in [2.24, 2.45) is 64.2 Å². The minimum atomic E-state index is -0.0706. The number of hydrogen-bond donors (Lipinski definition) is 1. The molecule has 3 aromatic carbocycles. The lowest BCUT2D eigenvalue weighted by molar-refractivity contribution is 0.452. The summed E-state index contributed by atoms with van der Waals surface area (Å²) in [6.45, 7) is 89.8. The number of pyridine rings is 3. The van der Waals surface area contributed by atoms with E-state index < -0.39 is 0 Å². The van der Waals surface area contributed by atoms with Crippen LogP contribution in [0.1, 0.15) is 358 Å². The molecule has 0 aliphatic carbocycles. The van der Waals surface area contributed by atoms with E-state index in [0.29, 0.717) is 35.9 Å². The van der Waals surface area contributed by atoms with E-state index in [1.807, 2.05) is 191 Å². The second kappa shape index (κ2) is 106. The van der Waals surface area contributed by atoms with E-state index in [4.69, 9.17) is 0 Å². The van der Waals surface area contributed by atoms with Gasteiger partial charge in [-0.2, -0.15) is 33.6 Å². The van der Waals surface area contributed by atoms with E-state index in [1.54, 1.807) is 96.4 Å². The normalized spacial score (nSPS) is 9.72. The lowest BCUT2D eigenvalue weighted by atomic mass is 10.0. The second-order valence-corrected chi connectivity index (χ2v) is 41.5. The summed E-state index contributed by atoms with van der Waals surface area (Å²) in [6.07, 6.45) is 34.7. The number of aliphatic imine (C=N–C) groups is 1. The average molecular weight is 1980 g/mol. The average Bonchev–Trinajstić information content (AvgIpc) is 1.31.